The first-order chi connectivity index (χ1) is 18.4. The molecule has 6 atom stereocenters. The number of hydrogen-bond donors (Lipinski definition) is 4. The smallest absolute Gasteiger partial charge is 0.224 e. The third-order valence-electron chi connectivity index (χ3n) is 9.05. The lowest BCUT2D eigenvalue weighted by molar-refractivity contribution is -0.103. The molecule has 4 aliphatic rings. The number of aromatic nitrogens is 2. The van der Waals surface area contributed by atoms with Crippen LogP contribution in [0.1, 0.15) is 49.7 Å². The highest BCUT2D eigenvalue weighted by Gasteiger charge is 2.56. The number of aliphatic hydroxyl groups excluding tert-OH is 2. The topological polar surface area (TPSA) is 117 Å². The number of thioether (sulfide) groups is 1. The molecule has 1 aromatic heterocycles. The number of anilines is 2. The fourth-order valence-corrected chi connectivity index (χ4v) is 8.29. The lowest BCUT2D eigenvalue weighted by Crippen LogP contribution is -2.60. The van der Waals surface area contributed by atoms with E-state index in [2.05, 4.69) is 52.0 Å². The van der Waals surface area contributed by atoms with E-state index in [1.54, 1.807) is 18.0 Å². The summed E-state index contributed by atoms with van der Waals surface area (Å²) in [6.07, 6.45) is 9.87. The van der Waals surface area contributed by atoms with E-state index in [9.17, 15) is 15.5 Å². The van der Waals surface area contributed by atoms with Gasteiger partial charge in [-0.2, -0.15) is 10.2 Å². The van der Waals surface area contributed by atoms with Crippen molar-refractivity contribution in [3.63, 3.8) is 0 Å². The molecule has 4 aliphatic carbocycles. The summed E-state index contributed by atoms with van der Waals surface area (Å²) in [4.78, 5) is 12.8. The Morgan fingerprint density at radius 2 is 1.97 bits per heavy atom. The van der Waals surface area contributed by atoms with Crippen molar-refractivity contribution in [1.29, 1.82) is 5.26 Å². The Morgan fingerprint density at radius 3 is 2.68 bits per heavy atom. The summed E-state index contributed by atoms with van der Waals surface area (Å²) >= 11 is 1.72. The maximum atomic E-state index is 9.83. The Kier molecular flexibility index (Phi) is 8.44. The molecule has 4 saturated carbocycles. The molecule has 1 heterocycles. The zero-order chi connectivity index (χ0) is 26.7. The molecule has 2 aromatic rings. The van der Waals surface area contributed by atoms with E-state index >= 15 is 0 Å². The van der Waals surface area contributed by atoms with E-state index in [1.807, 2.05) is 12.1 Å². The van der Waals surface area contributed by atoms with Crippen molar-refractivity contribution in [3.8, 4) is 6.07 Å². The molecule has 1 aromatic carbocycles. The van der Waals surface area contributed by atoms with Gasteiger partial charge >= 0.3 is 0 Å². The second-order valence-electron chi connectivity index (χ2n) is 11.7. The maximum absolute atomic E-state index is 9.83. The monoisotopic (exact) mass is 536 g/mol. The molecule has 204 valence electrons. The highest BCUT2D eigenvalue weighted by atomic mass is 32.2. The normalized spacial score (nSPS) is 28.3. The first-order valence-electron chi connectivity index (χ1n) is 13.8. The summed E-state index contributed by atoms with van der Waals surface area (Å²) in [5, 5.41) is 35.7. The van der Waals surface area contributed by atoms with Crippen LogP contribution in [0.3, 0.4) is 0 Å². The van der Waals surface area contributed by atoms with Gasteiger partial charge in [0.15, 0.2) is 0 Å². The molecule has 1 unspecified atom stereocenters. The summed E-state index contributed by atoms with van der Waals surface area (Å²) < 4.78 is 0. The Balaban J connectivity index is 1.24. The summed E-state index contributed by atoms with van der Waals surface area (Å²) in [6, 6.07) is 11.1. The second-order valence-corrected chi connectivity index (χ2v) is 12.5. The van der Waals surface area contributed by atoms with Crippen LogP contribution in [0.2, 0.25) is 0 Å². The van der Waals surface area contributed by atoms with Gasteiger partial charge in [0.25, 0.3) is 0 Å². The number of nitrogens with one attached hydrogen (secondary N) is 2. The molecule has 0 amide bonds. The summed E-state index contributed by atoms with van der Waals surface area (Å²) in [5.41, 5.74) is 1.91. The molecule has 8 nitrogen and oxygen atoms in total. The van der Waals surface area contributed by atoms with Crippen LogP contribution < -0.4 is 10.6 Å². The molecule has 9 heteroatoms. The van der Waals surface area contributed by atoms with Gasteiger partial charge in [-0.05, 0) is 86.6 Å². The molecule has 4 fully saturated rings. The third-order valence-corrected chi connectivity index (χ3v) is 9.89. The maximum Gasteiger partial charge on any atom is 0.224 e. The van der Waals surface area contributed by atoms with Crippen molar-refractivity contribution in [2.45, 2.75) is 62.1 Å². The molecule has 6 rings (SSSR count). The van der Waals surface area contributed by atoms with E-state index in [-0.39, 0.29) is 12.0 Å². The third kappa shape index (κ3) is 5.79. The van der Waals surface area contributed by atoms with E-state index in [0.29, 0.717) is 48.2 Å². The van der Waals surface area contributed by atoms with Crippen molar-refractivity contribution >= 4 is 23.5 Å². The second kappa shape index (κ2) is 11.8. The minimum atomic E-state index is -0.633. The van der Waals surface area contributed by atoms with Crippen molar-refractivity contribution in [1.82, 2.24) is 14.9 Å². The minimum Gasteiger partial charge on any atom is -0.394 e. The summed E-state index contributed by atoms with van der Waals surface area (Å²) in [5.74, 6) is 3.24. The van der Waals surface area contributed by atoms with Crippen LogP contribution in [0.15, 0.2) is 35.4 Å². The van der Waals surface area contributed by atoms with E-state index in [4.69, 9.17) is 4.98 Å². The average molecular weight is 537 g/mol. The molecular formula is C29H40N6O2S. The first-order valence-corrected chi connectivity index (χ1v) is 15.0. The van der Waals surface area contributed by atoms with Crippen molar-refractivity contribution in [3.05, 3.63) is 41.6 Å². The van der Waals surface area contributed by atoms with Gasteiger partial charge in [-0.15, -0.1) is 11.8 Å². The van der Waals surface area contributed by atoms with Crippen LogP contribution >= 0.6 is 11.8 Å². The van der Waals surface area contributed by atoms with Crippen molar-refractivity contribution in [2.75, 3.05) is 43.6 Å². The van der Waals surface area contributed by atoms with Crippen molar-refractivity contribution < 1.29 is 10.2 Å². The number of hydrogen-bond acceptors (Lipinski definition) is 9. The van der Waals surface area contributed by atoms with Crippen LogP contribution in [0.4, 0.5) is 11.8 Å². The van der Waals surface area contributed by atoms with E-state index in [0.717, 1.165) is 19.0 Å². The Morgan fingerprint density at radius 1 is 1.21 bits per heavy atom. The minimum absolute atomic E-state index is 0.168. The predicted molar refractivity (Wildman–Crippen MR) is 151 cm³/mol. The number of nitrogens with zero attached hydrogens (tertiary/aromatic N) is 4. The van der Waals surface area contributed by atoms with Crippen molar-refractivity contribution in [2.24, 2.45) is 23.2 Å². The van der Waals surface area contributed by atoms with Crippen LogP contribution in [0.25, 0.3) is 0 Å². The Bertz CT molecular complexity index is 1140. The molecule has 4 N–H and O–H groups in total. The number of nitriles is 1. The van der Waals surface area contributed by atoms with Crippen LogP contribution in [0, 0.1) is 34.5 Å². The summed E-state index contributed by atoms with van der Waals surface area (Å²) in [7, 11) is 2.19. The number of benzene rings is 1. The quantitative estimate of drug-likeness (QED) is 0.299. The van der Waals surface area contributed by atoms with E-state index in [1.165, 1.54) is 42.6 Å². The number of rotatable bonds is 12. The van der Waals surface area contributed by atoms with Gasteiger partial charge < -0.3 is 25.7 Å². The van der Waals surface area contributed by atoms with Gasteiger partial charge in [0.05, 0.1) is 18.9 Å². The number of aliphatic hydroxyl groups is 2. The molecule has 0 radical (unpaired) electrons. The van der Waals surface area contributed by atoms with Crippen LogP contribution in [0.5, 0.6) is 0 Å². The highest BCUT2D eigenvalue weighted by Crippen LogP contribution is 2.61. The van der Waals surface area contributed by atoms with Gasteiger partial charge in [-0.25, -0.2) is 4.98 Å². The molecule has 0 aliphatic heterocycles. The van der Waals surface area contributed by atoms with Gasteiger partial charge in [0.2, 0.25) is 5.95 Å². The average Bonchev–Trinajstić information content (AvgIpc) is 2.93. The highest BCUT2D eigenvalue weighted by molar-refractivity contribution is 7.98. The van der Waals surface area contributed by atoms with Gasteiger partial charge in [0.1, 0.15) is 17.5 Å². The largest absolute Gasteiger partial charge is 0.394 e. The van der Waals surface area contributed by atoms with Gasteiger partial charge in [0, 0.05) is 30.6 Å². The molecular weight excluding hydrogens is 496 g/mol. The first kappa shape index (κ1) is 27.2. The lowest BCUT2D eigenvalue weighted by atomic mass is 9.47. The van der Waals surface area contributed by atoms with Crippen LogP contribution in [-0.4, -0.2) is 70.2 Å². The van der Waals surface area contributed by atoms with Gasteiger partial charge in [-0.3, -0.25) is 0 Å². The SMILES string of the molecule is CSc1ccccc1CNc1ncc(C#N)c(NC[C@@]23CC4C[C@H](C2)[C@@H](N(C)CC[C@H](O)CO)[C@@H](C4)C3)n1. The molecule has 4 bridgehead atoms. The van der Waals surface area contributed by atoms with Gasteiger partial charge in [-0.1, -0.05) is 18.2 Å². The summed E-state index contributed by atoms with van der Waals surface area (Å²) in [6.45, 7) is 2.11. The predicted octanol–water partition coefficient (Wildman–Crippen LogP) is 3.96. The molecule has 38 heavy (non-hydrogen) atoms. The fourth-order valence-electron chi connectivity index (χ4n) is 7.67. The molecule has 0 saturated heterocycles. The zero-order valence-electron chi connectivity index (χ0n) is 22.4. The van der Waals surface area contributed by atoms with E-state index < -0.39 is 6.10 Å². The lowest BCUT2D eigenvalue weighted by Gasteiger charge is -2.62. The molecule has 0 spiro atoms. The standard InChI is InChI=1S/C29H40N6O2S/c1-35(8-7-24(37)17-36)26-21-9-19-10-22(26)13-29(11-19,12-21)18-33-27-23(14-30)16-32-28(34-27)31-15-20-5-3-4-6-25(20)38-2/h3-6,16,19,21-22,24,26,36-37H,7-13,15,17-18H2,1-2H3,(H2,31,32,33,34)/t19?,21-,22+,24-,26-,29+/m0/s1. The Hall–Kier alpha value is -2.38. The van der Waals surface area contributed by atoms with Crippen LogP contribution in [-0.2, 0) is 6.54 Å². The Labute approximate surface area is 230 Å². The zero-order valence-corrected chi connectivity index (χ0v) is 23.3. The fraction of sp³-hybridized carbons (Fsp3) is 0.621.